The summed E-state index contributed by atoms with van der Waals surface area (Å²) < 4.78 is 12.9. The predicted molar refractivity (Wildman–Crippen MR) is 83.1 cm³/mol. The van der Waals surface area contributed by atoms with Crippen molar-refractivity contribution in [3.63, 3.8) is 0 Å². The molecule has 0 radical (unpaired) electrons. The number of nitrogens with one attached hydrogen (secondary N) is 1. The van der Waals surface area contributed by atoms with Crippen LogP contribution < -0.4 is 5.32 Å². The lowest BCUT2D eigenvalue weighted by Crippen LogP contribution is -2.59. The minimum atomic E-state index is -0.146. The molecule has 4 heteroatoms. The molecule has 2 heterocycles. The summed E-state index contributed by atoms with van der Waals surface area (Å²) in [6, 6.07) is 8.35. The number of hydrogen-bond acceptors (Lipinski definition) is 2. The normalized spacial score (nSPS) is 27.7. The third kappa shape index (κ3) is 3.72. The summed E-state index contributed by atoms with van der Waals surface area (Å²) >= 11 is 0. The highest BCUT2D eigenvalue weighted by atomic mass is 35.5. The molecule has 3 atom stereocenters. The smallest absolute Gasteiger partial charge is 0.123 e. The number of benzene rings is 1. The summed E-state index contributed by atoms with van der Waals surface area (Å²) in [7, 11) is 0. The second-order valence-corrected chi connectivity index (χ2v) is 6.16. The largest absolute Gasteiger partial charge is 0.309 e. The van der Waals surface area contributed by atoms with Crippen LogP contribution in [0.5, 0.6) is 0 Å². The molecule has 0 saturated carbocycles. The summed E-state index contributed by atoms with van der Waals surface area (Å²) in [6.45, 7) is 5.66. The number of likely N-dealkylation sites (tertiary alicyclic amines) is 1. The van der Waals surface area contributed by atoms with Gasteiger partial charge in [0.05, 0.1) is 0 Å². The molecule has 0 spiro atoms. The lowest BCUT2D eigenvalue weighted by Gasteiger charge is -2.43. The van der Waals surface area contributed by atoms with Gasteiger partial charge in [0.25, 0.3) is 0 Å². The molecule has 1 N–H and O–H groups in total. The molecule has 0 amide bonds. The third-order valence-corrected chi connectivity index (χ3v) is 4.50. The average Bonchev–Trinajstić information content (AvgIpc) is 2.39. The lowest BCUT2D eigenvalue weighted by molar-refractivity contribution is 0.121. The van der Waals surface area contributed by atoms with Crippen molar-refractivity contribution >= 4 is 12.4 Å². The molecular weight excluding hydrogens is 275 g/mol. The summed E-state index contributed by atoms with van der Waals surface area (Å²) in [5.74, 6) is 0.326. The van der Waals surface area contributed by atoms with E-state index in [4.69, 9.17) is 0 Å². The Morgan fingerprint density at radius 1 is 1.20 bits per heavy atom. The summed E-state index contributed by atoms with van der Waals surface area (Å²) in [5.41, 5.74) is 1.24. The van der Waals surface area contributed by atoms with Crippen LogP contribution in [-0.2, 0) is 0 Å². The van der Waals surface area contributed by atoms with Gasteiger partial charge in [-0.25, -0.2) is 4.39 Å². The second-order valence-electron chi connectivity index (χ2n) is 6.16. The Balaban J connectivity index is 0.00000147. The van der Waals surface area contributed by atoms with E-state index in [0.29, 0.717) is 18.0 Å². The fraction of sp³-hybridized carbons (Fsp3) is 0.625. The third-order valence-electron chi connectivity index (χ3n) is 4.50. The first-order valence-corrected chi connectivity index (χ1v) is 7.44. The maximum absolute atomic E-state index is 12.9. The number of halogens is 2. The Morgan fingerprint density at radius 3 is 2.40 bits per heavy atom. The van der Waals surface area contributed by atoms with E-state index in [2.05, 4.69) is 17.1 Å². The summed E-state index contributed by atoms with van der Waals surface area (Å²) in [6.07, 6.45) is 4.01. The van der Waals surface area contributed by atoms with Crippen LogP contribution in [0.4, 0.5) is 4.39 Å². The number of fused-ring (bicyclic) bond motifs is 2. The van der Waals surface area contributed by atoms with E-state index in [9.17, 15) is 4.39 Å². The van der Waals surface area contributed by atoms with Crippen LogP contribution in [0.3, 0.4) is 0 Å². The minimum absolute atomic E-state index is 0. The summed E-state index contributed by atoms with van der Waals surface area (Å²) in [4.78, 5) is 2.58. The predicted octanol–water partition coefficient (Wildman–Crippen LogP) is 3.18. The van der Waals surface area contributed by atoms with Crippen molar-refractivity contribution in [2.24, 2.45) is 0 Å². The van der Waals surface area contributed by atoms with Gasteiger partial charge in [0.1, 0.15) is 5.82 Å². The molecule has 1 aromatic carbocycles. The van der Waals surface area contributed by atoms with Gasteiger partial charge in [-0.3, -0.25) is 4.90 Å². The first kappa shape index (κ1) is 15.7. The molecule has 3 unspecified atom stereocenters. The van der Waals surface area contributed by atoms with E-state index in [1.807, 2.05) is 12.1 Å². The first-order valence-electron chi connectivity index (χ1n) is 7.44. The Hall–Kier alpha value is -0.640. The SMILES string of the molecule is CC(CN1CC2CCCC(C1)N2)c1ccc(F)cc1.Cl. The van der Waals surface area contributed by atoms with Gasteiger partial charge in [-0.05, 0) is 36.5 Å². The fourth-order valence-electron chi connectivity index (χ4n) is 3.53. The number of rotatable bonds is 3. The van der Waals surface area contributed by atoms with Crippen LogP contribution in [0.1, 0.15) is 37.7 Å². The van der Waals surface area contributed by atoms with Crippen LogP contribution in [0.15, 0.2) is 24.3 Å². The van der Waals surface area contributed by atoms with Gasteiger partial charge in [-0.1, -0.05) is 25.5 Å². The van der Waals surface area contributed by atoms with Gasteiger partial charge in [0.15, 0.2) is 0 Å². The number of hydrogen-bond donors (Lipinski definition) is 1. The van der Waals surface area contributed by atoms with E-state index in [1.54, 1.807) is 12.1 Å². The topological polar surface area (TPSA) is 15.3 Å². The molecule has 1 aromatic rings. The van der Waals surface area contributed by atoms with Crippen LogP contribution in [-0.4, -0.2) is 36.6 Å². The average molecular weight is 299 g/mol. The van der Waals surface area contributed by atoms with E-state index >= 15 is 0 Å². The Bertz CT molecular complexity index is 411. The molecule has 2 nitrogen and oxygen atoms in total. The minimum Gasteiger partial charge on any atom is -0.309 e. The summed E-state index contributed by atoms with van der Waals surface area (Å²) in [5, 5.41) is 3.71. The van der Waals surface area contributed by atoms with Crippen molar-refractivity contribution < 1.29 is 4.39 Å². The zero-order valence-electron chi connectivity index (χ0n) is 12.0. The van der Waals surface area contributed by atoms with Gasteiger partial charge < -0.3 is 5.32 Å². The van der Waals surface area contributed by atoms with Crippen molar-refractivity contribution in [3.8, 4) is 0 Å². The zero-order valence-corrected chi connectivity index (χ0v) is 12.8. The van der Waals surface area contributed by atoms with E-state index in [-0.39, 0.29) is 18.2 Å². The standard InChI is InChI=1S/C16H23FN2.ClH/c1-12(13-5-7-14(17)8-6-13)9-19-10-15-3-2-4-16(11-19)18-15;/h5-8,12,15-16,18H,2-4,9-11H2,1H3;1H. The molecule has 2 bridgehead atoms. The monoisotopic (exact) mass is 298 g/mol. The van der Waals surface area contributed by atoms with Crippen molar-refractivity contribution in [3.05, 3.63) is 35.6 Å². The van der Waals surface area contributed by atoms with Crippen molar-refractivity contribution in [2.75, 3.05) is 19.6 Å². The fourth-order valence-corrected chi connectivity index (χ4v) is 3.53. The first-order chi connectivity index (χ1) is 9.20. The van der Waals surface area contributed by atoms with Crippen molar-refractivity contribution in [1.29, 1.82) is 0 Å². The van der Waals surface area contributed by atoms with Crippen LogP contribution in [0.2, 0.25) is 0 Å². The highest BCUT2D eigenvalue weighted by Crippen LogP contribution is 2.23. The van der Waals surface area contributed by atoms with Crippen LogP contribution >= 0.6 is 12.4 Å². The molecule has 2 saturated heterocycles. The molecule has 0 aliphatic carbocycles. The highest BCUT2D eigenvalue weighted by molar-refractivity contribution is 5.85. The maximum atomic E-state index is 12.9. The van der Waals surface area contributed by atoms with E-state index < -0.39 is 0 Å². The quantitative estimate of drug-likeness (QED) is 0.922. The number of piperidine rings is 1. The molecule has 2 fully saturated rings. The Labute approximate surface area is 127 Å². The van der Waals surface area contributed by atoms with Gasteiger partial charge >= 0.3 is 0 Å². The number of nitrogens with zero attached hydrogens (tertiary/aromatic N) is 1. The van der Waals surface area contributed by atoms with Crippen LogP contribution in [0, 0.1) is 5.82 Å². The van der Waals surface area contributed by atoms with Crippen molar-refractivity contribution in [1.82, 2.24) is 10.2 Å². The van der Waals surface area contributed by atoms with Gasteiger partial charge in [-0.2, -0.15) is 0 Å². The van der Waals surface area contributed by atoms with Crippen molar-refractivity contribution in [2.45, 2.75) is 44.2 Å². The Kier molecular flexibility index (Phi) is 5.42. The zero-order chi connectivity index (χ0) is 13.2. The second kappa shape index (κ2) is 6.88. The molecule has 20 heavy (non-hydrogen) atoms. The lowest BCUT2D eigenvalue weighted by atomic mass is 9.92. The molecule has 0 aromatic heterocycles. The number of piperazine rings is 1. The van der Waals surface area contributed by atoms with Crippen LogP contribution in [0.25, 0.3) is 0 Å². The molecular formula is C16H24ClFN2. The van der Waals surface area contributed by atoms with E-state index in [1.165, 1.54) is 37.9 Å². The highest BCUT2D eigenvalue weighted by Gasteiger charge is 2.30. The van der Waals surface area contributed by atoms with Gasteiger partial charge in [-0.15, -0.1) is 12.4 Å². The molecule has 3 rings (SSSR count). The Morgan fingerprint density at radius 2 is 1.80 bits per heavy atom. The maximum Gasteiger partial charge on any atom is 0.123 e. The molecule has 2 aliphatic rings. The van der Waals surface area contributed by atoms with E-state index in [0.717, 1.165) is 6.54 Å². The molecule has 2 aliphatic heterocycles. The van der Waals surface area contributed by atoms with Gasteiger partial charge in [0.2, 0.25) is 0 Å². The van der Waals surface area contributed by atoms with Gasteiger partial charge in [0, 0.05) is 31.7 Å². The molecule has 112 valence electrons.